The number of carbonyl (C=O) groups is 2. The number of para-hydroxylation sites is 1. The van der Waals surface area contributed by atoms with Gasteiger partial charge < -0.3 is 19.3 Å². The number of hydrogen-bond acceptors (Lipinski definition) is 6. The van der Waals surface area contributed by atoms with Gasteiger partial charge in [0, 0.05) is 5.56 Å². The number of carboxylic acid groups (broad SMARTS) is 1. The Kier molecular flexibility index (Phi) is 6.91. The third kappa shape index (κ3) is 4.76. The minimum absolute atomic E-state index is 0.0292. The molecule has 148 valence electrons. The summed E-state index contributed by atoms with van der Waals surface area (Å²) in [5.74, 6) is -2.28. The lowest BCUT2D eigenvalue weighted by molar-refractivity contribution is -0.127. The van der Waals surface area contributed by atoms with E-state index in [1.54, 1.807) is 6.07 Å². The van der Waals surface area contributed by atoms with Crippen molar-refractivity contribution in [1.82, 2.24) is 5.43 Å². The molecule has 0 radical (unpaired) electrons. The molecule has 0 aromatic heterocycles. The molecule has 0 heterocycles. The van der Waals surface area contributed by atoms with Crippen LogP contribution in [-0.2, 0) is 4.79 Å². The van der Waals surface area contributed by atoms with Gasteiger partial charge in [-0.1, -0.05) is 12.1 Å². The predicted molar refractivity (Wildman–Crippen MR) is 98.7 cm³/mol. The third-order valence-corrected chi connectivity index (χ3v) is 3.68. The summed E-state index contributed by atoms with van der Waals surface area (Å²) in [6.07, 6.45) is 0.123. The lowest BCUT2D eigenvalue weighted by Gasteiger charge is -2.14. The number of methoxy groups -OCH3 is 2. The van der Waals surface area contributed by atoms with Gasteiger partial charge in [-0.05, 0) is 31.2 Å². The van der Waals surface area contributed by atoms with Gasteiger partial charge in [0.25, 0.3) is 5.91 Å². The molecular formula is C19H19FN2O6. The van der Waals surface area contributed by atoms with Crippen LogP contribution in [-0.4, -0.2) is 43.5 Å². The molecule has 0 bridgehead atoms. The van der Waals surface area contributed by atoms with Crippen molar-refractivity contribution in [3.05, 3.63) is 53.3 Å². The van der Waals surface area contributed by atoms with E-state index >= 15 is 0 Å². The van der Waals surface area contributed by atoms with Crippen LogP contribution in [0.1, 0.15) is 22.8 Å². The number of halogens is 1. The number of aromatic carboxylic acids is 1. The molecule has 2 rings (SSSR count). The van der Waals surface area contributed by atoms with Gasteiger partial charge in [0.2, 0.25) is 0 Å². The van der Waals surface area contributed by atoms with Crippen molar-refractivity contribution in [2.24, 2.45) is 5.10 Å². The number of ether oxygens (including phenoxy) is 3. The molecule has 0 saturated carbocycles. The SMILES string of the molecule is COc1ccc(/C=N\NC(=O)[C@@H](C)Oc2ccccc2F)c(C(=O)O)c1OC. The number of hydrogen-bond donors (Lipinski definition) is 2. The van der Waals surface area contributed by atoms with E-state index in [0.29, 0.717) is 0 Å². The first-order valence-corrected chi connectivity index (χ1v) is 8.11. The first-order chi connectivity index (χ1) is 13.4. The summed E-state index contributed by atoms with van der Waals surface area (Å²) in [6, 6.07) is 8.65. The van der Waals surface area contributed by atoms with E-state index in [9.17, 15) is 19.1 Å². The van der Waals surface area contributed by atoms with Crippen LogP contribution >= 0.6 is 0 Å². The van der Waals surface area contributed by atoms with Crippen LogP contribution < -0.4 is 19.6 Å². The van der Waals surface area contributed by atoms with Crippen LogP contribution in [0.4, 0.5) is 4.39 Å². The van der Waals surface area contributed by atoms with Crippen molar-refractivity contribution in [3.63, 3.8) is 0 Å². The number of nitrogens with one attached hydrogen (secondary N) is 1. The van der Waals surface area contributed by atoms with E-state index in [-0.39, 0.29) is 28.4 Å². The minimum atomic E-state index is -1.25. The molecule has 0 aliphatic heterocycles. The van der Waals surface area contributed by atoms with Crippen LogP contribution in [0.3, 0.4) is 0 Å². The van der Waals surface area contributed by atoms with E-state index < -0.39 is 23.8 Å². The smallest absolute Gasteiger partial charge is 0.340 e. The summed E-state index contributed by atoms with van der Waals surface area (Å²) in [7, 11) is 2.70. The van der Waals surface area contributed by atoms with Crippen molar-refractivity contribution in [1.29, 1.82) is 0 Å². The van der Waals surface area contributed by atoms with Gasteiger partial charge in [-0.3, -0.25) is 4.79 Å². The molecule has 1 atom stereocenters. The van der Waals surface area contributed by atoms with Crippen molar-refractivity contribution in [2.45, 2.75) is 13.0 Å². The highest BCUT2D eigenvalue weighted by Crippen LogP contribution is 2.32. The molecule has 1 amide bonds. The van der Waals surface area contributed by atoms with Gasteiger partial charge in [0.1, 0.15) is 5.56 Å². The Morgan fingerprint density at radius 2 is 1.86 bits per heavy atom. The van der Waals surface area contributed by atoms with Gasteiger partial charge in [-0.2, -0.15) is 5.10 Å². The van der Waals surface area contributed by atoms with Crippen molar-refractivity contribution < 1.29 is 33.3 Å². The molecule has 2 aromatic carbocycles. The summed E-state index contributed by atoms with van der Waals surface area (Å²) < 4.78 is 29.0. The second kappa shape index (κ2) is 9.36. The molecule has 0 saturated heterocycles. The number of hydrazone groups is 1. The van der Waals surface area contributed by atoms with E-state index in [1.165, 1.54) is 51.5 Å². The van der Waals surface area contributed by atoms with Crippen molar-refractivity contribution in [2.75, 3.05) is 14.2 Å². The second-order valence-corrected chi connectivity index (χ2v) is 5.50. The quantitative estimate of drug-likeness (QED) is 0.530. The highest BCUT2D eigenvalue weighted by atomic mass is 19.1. The summed E-state index contributed by atoms with van der Waals surface area (Å²) in [5.41, 5.74) is 2.24. The standard InChI is InChI=1S/C19H19FN2O6/c1-11(28-14-7-5-4-6-13(14)20)18(23)22-21-10-12-8-9-15(26-2)17(27-3)16(12)19(24)25/h4-11H,1-3H3,(H,22,23)(H,24,25)/b21-10-/t11-/m1/s1. The molecule has 0 unspecified atom stereocenters. The normalized spacial score (nSPS) is 11.7. The third-order valence-electron chi connectivity index (χ3n) is 3.68. The highest BCUT2D eigenvalue weighted by Gasteiger charge is 2.20. The fraction of sp³-hybridized carbons (Fsp3) is 0.211. The average Bonchev–Trinajstić information content (AvgIpc) is 2.68. The zero-order valence-electron chi connectivity index (χ0n) is 15.4. The average molecular weight is 390 g/mol. The molecular weight excluding hydrogens is 371 g/mol. The fourth-order valence-corrected chi connectivity index (χ4v) is 2.31. The Hall–Kier alpha value is -3.62. The largest absolute Gasteiger partial charge is 0.493 e. The number of amides is 1. The number of benzene rings is 2. The number of carboxylic acids is 1. The van der Waals surface area contributed by atoms with Crippen LogP contribution in [0.5, 0.6) is 17.2 Å². The van der Waals surface area contributed by atoms with Crippen LogP contribution in [0.15, 0.2) is 41.5 Å². The number of rotatable bonds is 8. The van der Waals surface area contributed by atoms with E-state index in [1.807, 2.05) is 0 Å². The molecule has 8 nitrogen and oxygen atoms in total. The maximum atomic E-state index is 13.6. The maximum absolute atomic E-state index is 13.6. The molecule has 0 aliphatic carbocycles. The Morgan fingerprint density at radius 3 is 2.46 bits per heavy atom. The highest BCUT2D eigenvalue weighted by molar-refractivity contribution is 6.02. The van der Waals surface area contributed by atoms with Gasteiger partial charge in [-0.15, -0.1) is 0 Å². The zero-order chi connectivity index (χ0) is 20.7. The Morgan fingerprint density at radius 1 is 1.14 bits per heavy atom. The first kappa shape index (κ1) is 20.7. The van der Waals surface area contributed by atoms with E-state index in [4.69, 9.17) is 14.2 Å². The molecule has 0 spiro atoms. The van der Waals surface area contributed by atoms with Gasteiger partial charge in [-0.25, -0.2) is 14.6 Å². The first-order valence-electron chi connectivity index (χ1n) is 8.11. The van der Waals surface area contributed by atoms with Gasteiger partial charge in [0.05, 0.1) is 20.4 Å². The topological polar surface area (TPSA) is 106 Å². The molecule has 0 fully saturated rings. The lowest BCUT2D eigenvalue weighted by atomic mass is 10.1. The van der Waals surface area contributed by atoms with Crippen molar-refractivity contribution >= 4 is 18.1 Å². The monoisotopic (exact) mass is 390 g/mol. The summed E-state index contributed by atoms with van der Waals surface area (Å²) in [6.45, 7) is 1.43. The fourth-order valence-electron chi connectivity index (χ4n) is 2.31. The molecule has 2 aromatic rings. The molecule has 0 aliphatic rings. The Labute approximate surface area is 160 Å². The number of carbonyl (C=O) groups excluding carboxylic acids is 1. The van der Waals surface area contributed by atoms with E-state index in [0.717, 1.165) is 6.21 Å². The minimum Gasteiger partial charge on any atom is -0.493 e. The Balaban J connectivity index is 2.12. The van der Waals surface area contributed by atoms with Gasteiger partial charge in [0.15, 0.2) is 29.2 Å². The maximum Gasteiger partial charge on any atom is 0.340 e. The van der Waals surface area contributed by atoms with Crippen LogP contribution in [0, 0.1) is 5.82 Å². The molecule has 2 N–H and O–H groups in total. The predicted octanol–water partition coefficient (Wildman–Crippen LogP) is 2.46. The molecule has 9 heteroatoms. The lowest BCUT2D eigenvalue weighted by Crippen LogP contribution is -2.33. The van der Waals surface area contributed by atoms with Crippen molar-refractivity contribution in [3.8, 4) is 17.2 Å². The van der Waals surface area contributed by atoms with E-state index in [2.05, 4.69) is 10.5 Å². The zero-order valence-corrected chi connectivity index (χ0v) is 15.4. The number of nitrogens with zero attached hydrogens (tertiary/aromatic N) is 1. The van der Waals surface area contributed by atoms with Gasteiger partial charge >= 0.3 is 5.97 Å². The summed E-state index contributed by atoms with van der Waals surface area (Å²) in [5, 5.41) is 13.2. The molecule has 28 heavy (non-hydrogen) atoms. The second-order valence-electron chi connectivity index (χ2n) is 5.50. The Bertz CT molecular complexity index is 900. The summed E-state index contributed by atoms with van der Waals surface area (Å²) >= 11 is 0. The van der Waals surface area contributed by atoms with Crippen LogP contribution in [0.2, 0.25) is 0 Å². The summed E-state index contributed by atoms with van der Waals surface area (Å²) in [4.78, 5) is 23.6. The van der Waals surface area contributed by atoms with Crippen LogP contribution in [0.25, 0.3) is 0 Å².